The van der Waals surface area contributed by atoms with Crippen LogP contribution in [-0.2, 0) is 6.42 Å². The van der Waals surface area contributed by atoms with E-state index in [-0.39, 0.29) is 0 Å². The van der Waals surface area contributed by atoms with Crippen LogP contribution in [0, 0.1) is 3.82 Å². The molecule has 0 unspecified atom stereocenters. The van der Waals surface area contributed by atoms with E-state index in [1.807, 2.05) is 0 Å². The lowest BCUT2D eigenvalue weighted by atomic mass is 10.3. The maximum atomic E-state index is 5.06. The summed E-state index contributed by atoms with van der Waals surface area (Å²) in [4.78, 5) is 2.80. The van der Waals surface area contributed by atoms with Crippen LogP contribution in [0.15, 0.2) is 23.6 Å². The highest BCUT2D eigenvalue weighted by molar-refractivity contribution is 7.79. The van der Waals surface area contributed by atoms with Gasteiger partial charge in [-0.2, -0.15) is 0 Å². The maximum absolute atomic E-state index is 5.06. The molecular formula is C8H6S4. The molecule has 0 spiro atoms. The van der Waals surface area contributed by atoms with Crippen molar-refractivity contribution in [2.24, 2.45) is 0 Å². The fraction of sp³-hybridized carbons (Fsp3) is 0.125. The van der Waals surface area contributed by atoms with Crippen molar-refractivity contribution < 1.29 is 0 Å². The number of hydrogen-bond acceptors (Lipinski definition) is 4. The lowest BCUT2D eigenvalue weighted by Crippen LogP contribution is -1.76. The third-order valence-electron chi connectivity index (χ3n) is 1.44. The zero-order chi connectivity index (χ0) is 8.39. The molecule has 0 saturated carbocycles. The Kier molecular flexibility index (Phi) is 2.70. The first-order valence-corrected chi connectivity index (χ1v) is 6.90. The molecule has 2 aromatic rings. The van der Waals surface area contributed by atoms with Gasteiger partial charge in [0.1, 0.15) is 3.82 Å². The summed E-state index contributed by atoms with van der Waals surface area (Å²) in [5.74, 6) is 0. The summed E-state index contributed by atoms with van der Waals surface area (Å²) < 4.78 is 1.01. The molecule has 2 aromatic heterocycles. The van der Waals surface area contributed by atoms with Crippen molar-refractivity contribution in [3.63, 3.8) is 0 Å². The van der Waals surface area contributed by atoms with Gasteiger partial charge in [-0.3, -0.25) is 0 Å². The van der Waals surface area contributed by atoms with Gasteiger partial charge >= 0.3 is 0 Å². The largest absolute Gasteiger partial charge is 0.149 e. The highest BCUT2D eigenvalue weighted by atomic mass is 32.9. The summed E-state index contributed by atoms with van der Waals surface area (Å²) in [6.45, 7) is 0. The molecule has 0 amide bonds. The van der Waals surface area contributed by atoms with Gasteiger partial charge in [-0.1, -0.05) is 39.0 Å². The first kappa shape index (κ1) is 8.56. The van der Waals surface area contributed by atoms with Crippen molar-refractivity contribution in [2.75, 3.05) is 0 Å². The van der Waals surface area contributed by atoms with Crippen molar-refractivity contribution >= 4 is 44.2 Å². The van der Waals surface area contributed by atoms with E-state index in [1.54, 1.807) is 32.0 Å². The normalized spacial score (nSPS) is 10.3. The van der Waals surface area contributed by atoms with Gasteiger partial charge in [0.05, 0.1) is 0 Å². The molecule has 0 saturated heterocycles. The van der Waals surface area contributed by atoms with Gasteiger partial charge in [0.15, 0.2) is 0 Å². The van der Waals surface area contributed by atoms with E-state index in [0.717, 1.165) is 10.2 Å². The van der Waals surface area contributed by atoms with Crippen LogP contribution >= 0.6 is 44.2 Å². The summed E-state index contributed by atoms with van der Waals surface area (Å²) in [5.41, 5.74) is 0. The van der Waals surface area contributed by atoms with Crippen LogP contribution in [0.5, 0.6) is 0 Å². The molecule has 0 aliphatic carbocycles. The number of thiophene rings is 1. The van der Waals surface area contributed by atoms with Crippen LogP contribution < -0.4 is 0 Å². The van der Waals surface area contributed by atoms with E-state index in [0.29, 0.717) is 0 Å². The topological polar surface area (TPSA) is 0 Å². The first-order chi connectivity index (χ1) is 5.84. The van der Waals surface area contributed by atoms with Gasteiger partial charge in [-0.15, -0.1) is 11.3 Å². The van der Waals surface area contributed by atoms with E-state index in [4.69, 9.17) is 12.2 Å². The van der Waals surface area contributed by atoms with Crippen molar-refractivity contribution in [3.05, 3.63) is 37.2 Å². The van der Waals surface area contributed by atoms with Crippen LogP contribution in [0.4, 0.5) is 0 Å². The Bertz CT molecular complexity index is 393. The fourth-order valence-corrected chi connectivity index (χ4v) is 4.15. The smallest absolute Gasteiger partial charge is 0.102 e. The minimum atomic E-state index is 1.01. The lowest BCUT2D eigenvalue weighted by molar-refractivity contribution is 1.30. The van der Waals surface area contributed by atoms with Crippen molar-refractivity contribution in [2.45, 2.75) is 6.42 Å². The van der Waals surface area contributed by atoms with Crippen LogP contribution in [0.2, 0.25) is 0 Å². The van der Waals surface area contributed by atoms with Crippen molar-refractivity contribution in [3.8, 4) is 0 Å². The second-order valence-electron chi connectivity index (χ2n) is 2.35. The van der Waals surface area contributed by atoms with Gasteiger partial charge in [0.25, 0.3) is 0 Å². The molecule has 0 fully saturated rings. The molecule has 0 aliphatic rings. The first-order valence-electron chi connectivity index (χ1n) is 3.46. The van der Waals surface area contributed by atoms with Gasteiger partial charge in [0.2, 0.25) is 0 Å². The SMILES string of the molecule is S=c1cc(Cc2cccs2)ss1. The molecular weight excluding hydrogens is 224 g/mol. The Morgan fingerprint density at radius 1 is 1.25 bits per heavy atom. The molecule has 0 nitrogen and oxygen atoms in total. The van der Waals surface area contributed by atoms with Crippen molar-refractivity contribution in [1.29, 1.82) is 0 Å². The Morgan fingerprint density at radius 2 is 2.17 bits per heavy atom. The summed E-state index contributed by atoms with van der Waals surface area (Å²) in [7, 11) is 3.48. The molecule has 2 heterocycles. The molecule has 62 valence electrons. The molecule has 0 bridgehead atoms. The van der Waals surface area contributed by atoms with Gasteiger partial charge in [-0.25, -0.2) is 0 Å². The Balaban J connectivity index is 2.19. The van der Waals surface area contributed by atoms with E-state index in [1.165, 1.54) is 9.75 Å². The van der Waals surface area contributed by atoms with Gasteiger partial charge in [0, 0.05) is 16.2 Å². The molecule has 2 rings (SSSR count). The summed E-state index contributed by atoms with van der Waals surface area (Å²) in [6.07, 6.45) is 1.05. The average molecular weight is 230 g/mol. The molecule has 12 heavy (non-hydrogen) atoms. The average Bonchev–Trinajstić information content (AvgIpc) is 2.63. The Labute approximate surface area is 87.5 Å². The molecule has 0 N–H and O–H groups in total. The highest BCUT2D eigenvalue weighted by Crippen LogP contribution is 2.22. The van der Waals surface area contributed by atoms with E-state index < -0.39 is 0 Å². The molecule has 0 atom stereocenters. The minimum absolute atomic E-state index is 1.01. The summed E-state index contributed by atoms with van der Waals surface area (Å²) in [6, 6.07) is 6.36. The predicted octanol–water partition coefficient (Wildman–Crippen LogP) is 4.19. The molecule has 0 aromatic carbocycles. The number of rotatable bonds is 2. The van der Waals surface area contributed by atoms with Crippen LogP contribution in [0.3, 0.4) is 0 Å². The van der Waals surface area contributed by atoms with Gasteiger partial charge in [-0.05, 0) is 17.5 Å². The number of hydrogen-bond donors (Lipinski definition) is 0. The Morgan fingerprint density at radius 3 is 2.75 bits per heavy atom. The molecule has 4 heteroatoms. The van der Waals surface area contributed by atoms with Gasteiger partial charge < -0.3 is 0 Å². The zero-order valence-corrected chi connectivity index (χ0v) is 9.42. The second kappa shape index (κ2) is 3.79. The lowest BCUT2D eigenvalue weighted by Gasteiger charge is -1.89. The van der Waals surface area contributed by atoms with E-state index in [9.17, 15) is 0 Å². The zero-order valence-electron chi connectivity index (χ0n) is 6.15. The highest BCUT2D eigenvalue weighted by Gasteiger charge is 1.98. The standard InChI is InChI=1S/C8H6S4/c9-8-5-7(11-12-8)4-6-2-1-3-10-6/h1-3,5H,4H2. The molecule has 0 radical (unpaired) electrons. The quantitative estimate of drug-likeness (QED) is 0.550. The predicted molar refractivity (Wildman–Crippen MR) is 60.2 cm³/mol. The van der Waals surface area contributed by atoms with Crippen LogP contribution in [0.1, 0.15) is 9.75 Å². The third kappa shape index (κ3) is 2.01. The second-order valence-corrected chi connectivity index (χ2v) is 6.38. The van der Waals surface area contributed by atoms with E-state index in [2.05, 4.69) is 23.6 Å². The fourth-order valence-electron chi connectivity index (χ4n) is 0.940. The van der Waals surface area contributed by atoms with Crippen molar-refractivity contribution in [1.82, 2.24) is 0 Å². The summed E-state index contributed by atoms with van der Waals surface area (Å²) >= 11 is 6.87. The van der Waals surface area contributed by atoms with E-state index >= 15 is 0 Å². The molecule has 0 aliphatic heterocycles. The maximum Gasteiger partial charge on any atom is 0.102 e. The minimum Gasteiger partial charge on any atom is -0.149 e. The van der Waals surface area contributed by atoms with Crippen LogP contribution in [-0.4, -0.2) is 0 Å². The Hall–Kier alpha value is -0.0300. The summed E-state index contributed by atoms with van der Waals surface area (Å²) in [5, 5.41) is 2.11. The monoisotopic (exact) mass is 230 g/mol. The third-order valence-corrected chi connectivity index (χ3v) is 5.27. The van der Waals surface area contributed by atoms with Crippen LogP contribution in [0.25, 0.3) is 0 Å².